The van der Waals surface area contributed by atoms with Crippen molar-refractivity contribution in [3.8, 4) is 0 Å². The molecule has 1 fully saturated rings. The summed E-state index contributed by atoms with van der Waals surface area (Å²) in [6, 6.07) is 2.61. The Morgan fingerprint density at radius 1 is 1.50 bits per heavy atom. The molecule has 0 N–H and O–H groups in total. The Labute approximate surface area is 97.1 Å². The number of likely N-dealkylation sites (tertiary alicyclic amines) is 1. The summed E-state index contributed by atoms with van der Waals surface area (Å²) in [5.41, 5.74) is 3.13. The van der Waals surface area contributed by atoms with Gasteiger partial charge in [0, 0.05) is 29.5 Å². The zero-order valence-corrected chi connectivity index (χ0v) is 10.4. The molecule has 0 aliphatic carbocycles. The van der Waals surface area contributed by atoms with Crippen molar-refractivity contribution in [2.45, 2.75) is 39.3 Å². The summed E-state index contributed by atoms with van der Waals surface area (Å²) in [5, 5.41) is 0. The fourth-order valence-corrected chi connectivity index (χ4v) is 2.65. The highest BCUT2D eigenvalue weighted by molar-refractivity contribution is 5.77. The third kappa shape index (κ3) is 1.92. The summed E-state index contributed by atoms with van der Waals surface area (Å²) in [5.74, 6) is 0. The van der Waals surface area contributed by atoms with Crippen LogP contribution in [-0.4, -0.2) is 35.4 Å². The van der Waals surface area contributed by atoms with Crippen molar-refractivity contribution in [2.75, 3.05) is 13.6 Å². The monoisotopic (exact) mass is 220 g/mol. The number of rotatable bonds is 3. The lowest BCUT2D eigenvalue weighted by atomic mass is 10.2. The van der Waals surface area contributed by atoms with Crippen LogP contribution in [0.2, 0.25) is 0 Å². The van der Waals surface area contributed by atoms with Gasteiger partial charge in [0.05, 0.1) is 0 Å². The average molecular weight is 220 g/mol. The maximum Gasteiger partial charge on any atom is 0.151 e. The van der Waals surface area contributed by atoms with E-state index in [0.29, 0.717) is 6.04 Å². The van der Waals surface area contributed by atoms with E-state index in [0.717, 1.165) is 24.1 Å². The van der Waals surface area contributed by atoms with Crippen LogP contribution in [-0.2, 0) is 6.54 Å². The zero-order chi connectivity index (χ0) is 11.7. The second-order valence-electron chi connectivity index (χ2n) is 4.83. The van der Waals surface area contributed by atoms with Crippen molar-refractivity contribution >= 4 is 6.29 Å². The summed E-state index contributed by atoms with van der Waals surface area (Å²) < 4.78 is 2.27. The molecule has 1 aliphatic heterocycles. The van der Waals surface area contributed by atoms with Crippen molar-refractivity contribution in [2.24, 2.45) is 0 Å². The van der Waals surface area contributed by atoms with Gasteiger partial charge in [-0.05, 0) is 46.3 Å². The van der Waals surface area contributed by atoms with Crippen LogP contribution >= 0.6 is 0 Å². The fraction of sp³-hybridized carbons (Fsp3) is 0.615. The number of hydrogen-bond donors (Lipinski definition) is 0. The van der Waals surface area contributed by atoms with Gasteiger partial charge >= 0.3 is 0 Å². The number of aromatic nitrogens is 1. The SMILES string of the molecule is Cc1cc(C=O)c(C)n1CC1CCCN1C. The van der Waals surface area contributed by atoms with E-state index in [2.05, 4.69) is 23.4 Å². The van der Waals surface area contributed by atoms with Gasteiger partial charge < -0.3 is 9.47 Å². The number of nitrogens with zero attached hydrogens (tertiary/aromatic N) is 2. The molecular formula is C13H20N2O. The van der Waals surface area contributed by atoms with E-state index in [4.69, 9.17) is 0 Å². The van der Waals surface area contributed by atoms with Gasteiger partial charge in [-0.25, -0.2) is 0 Å². The maximum absolute atomic E-state index is 10.9. The number of carbonyl (C=O) groups excluding carboxylic acids is 1. The number of aldehydes is 1. The molecule has 3 heteroatoms. The molecule has 0 spiro atoms. The van der Waals surface area contributed by atoms with E-state index in [9.17, 15) is 4.79 Å². The molecule has 2 rings (SSSR count). The lowest BCUT2D eigenvalue weighted by Gasteiger charge is -2.22. The van der Waals surface area contributed by atoms with Crippen LogP contribution in [0.25, 0.3) is 0 Å². The predicted octanol–water partition coefficient (Wildman–Crippen LogP) is 2.01. The van der Waals surface area contributed by atoms with Crippen LogP contribution in [0.15, 0.2) is 6.07 Å². The summed E-state index contributed by atoms with van der Waals surface area (Å²) in [4.78, 5) is 13.3. The topological polar surface area (TPSA) is 25.2 Å². The van der Waals surface area contributed by atoms with Gasteiger partial charge in [0.15, 0.2) is 6.29 Å². The van der Waals surface area contributed by atoms with Gasteiger partial charge in [0.25, 0.3) is 0 Å². The molecule has 0 bridgehead atoms. The zero-order valence-electron chi connectivity index (χ0n) is 10.4. The molecule has 1 saturated heterocycles. The number of hydrogen-bond acceptors (Lipinski definition) is 2. The van der Waals surface area contributed by atoms with Crippen molar-refractivity contribution in [3.05, 3.63) is 23.0 Å². The molecule has 1 aromatic heterocycles. The van der Waals surface area contributed by atoms with Crippen LogP contribution in [0.5, 0.6) is 0 Å². The Balaban J connectivity index is 2.20. The smallest absolute Gasteiger partial charge is 0.151 e. The Kier molecular flexibility index (Phi) is 3.15. The number of likely N-dealkylation sites (N-methyl/N-ethyl adjacent to an activating group) is 1. The Morgan fingerprint density at radius 3 is 2.75 bits per heavy atom. The van der Waals surface area contributed by atoms with Crippen LogP contribution < -0.4 is 0 Å². The standard InChI is InChI=1S/C13H20N2O/c1-10-7-12(9-16)11(2)15(10)8-13-5-4-6-14(13)3/h7,9,13H,4-6,8H2,1-3H3. The summed E-state index contributed by atoms with van der Waals surface area (Å²) in [7, 11) is 2.19. The fourth-order valence-electron chi connectivity index (χ4n) is 2.65. The van der Waals surface area contributed by atoms with Crippen molar-refractivity contribution in [3.63, 3.8) is 0 Å². The lowest BCUT2D eigenvalue weighted by Crippen LogP contribution is -2.30. The van der Waals surface area contributed by atoms with Gasteiger partial charge in [0.1, 0.15) is 0 Å². The highest BCUT2D eigenvalue weighted by Gasteiger charge is 2.22. The van der Waals surface area contributed by atoms with Gasteiger partial charge in [-0.1, -0.05) is 0 Å². The van der Waals surface area contributed by atoms with E-state index < -0.39 is 0 Å². The second kappa shape index (κ2) is 4.42. The lowest BCUT2D eigenvalue weighted by molar-refractivity contribution is 0.112. The van der Waals surface area contributed by atoms with Gasteiger partial charge in [-0.15, -0.1) is 0 Å². The quantitative estimate of drug-likeness (QED) is 0.728. The molecule has 1 aliphatic rings. The van der Waals surface area contributed by atoms with E-state index >= 15 is 0 Å². The molecule has 0 amide bonds. The van der Waals surface area contributed by atoms with Crippen LogP contribution in [0.4, 0.5) is 0 Å². The normalized spacial score (nSPS) is 21.6. The number of carbonyl (C=O) groups is 1. The third-order valence-electron chi connectivity index (χ3n) is 3.80. The first kappa shape index (κ1) is 11.4. The highest BCUT2D eigenvalue weighted by Crippen LogP contribution is 2.20. The molecule has 0 radical (unpaired) electrons. The van der Waals surface area contributed by atoms with Crippen LogP contribution in [0.3, 0.4) is 0 Å². The van der Waals surface area contributed by atoms with Crippen molar-refractivity contribution in [1.29, 1.82) is 0 Å². The Bertz CT molecular complexity index is 395. The molecule has 16 heavy (non-hydrogen) atoms. The molecule has 1 atom stereocenters. The largest absolute Gasteiger partial charge is 0.347 e. The first-order valence-corrected chi connectivity index (χ1v) is 5.95. The minimum atomic E-state index is 0.629. The number of aryl methyl sites for hydroxylation is 1. The molecule has 88 valence electrons. The Hall–Kier alpha value is -1.09. The predicted molar refractivity (Wildman–Crippen MR) is 64.9 cm³/mol. The van der Waals surface area contributed by atoms with E-state index in [1.54, 1.807) is 0 Å². The molecule has 0 saturated carbocycles. The van der Waals surface area contributed by atoms with Crippen molar-refractivity contribution < 1.29 is 4.79 Å². The second-order valence-corrected chi connectivity index (χ2v) is 4.83. The Morgan fingerprint density at radius 2 is 2.25 bits per heavy atom. The molecule has 0 aromatic carbocycles. The summed E-state index contributed by atoms with van der Waals surface area (Å²) in [6.07, 6.45) is 3.52. The van der Waals surface area contributed by atoms with Gasteiger partial charge in [-0.3, -0.25) is 4.79 Å². The van der Waals surface area contributed by atoms with Crippen LogP contribution in [0.1, 0.15) is 34.6 Å². The van der Waals surface area contributed by atoms with E-state index in [1.165, 1.54) is 25.1 Å². The van der Waals surface area contributed by atoms with Gasteiger partial charge in [-0.2, -0.15) is 0 Å². The van der Waals surface area contributed by atoms with Crippen molar-refractivity contribution in [1.82, 2.24) is 9.47 Å². The van der Waals surface area contributed by atoms with Gasteiger partial charge in [0.2, 0.25) is 0 Å². The van der Waals surface area contributed by atoms with E-state index in [1.807, 2.05) is 13.0 Å². The third-order valence-corrected chi connectivity index (χ3v) is 3.80. The molecule has 1 unspecified atom stereocenters. The minimum Gasteiger partial charge on any atom is -0.347 e. The summed E-state index contributed by atoms with van der Waals surface area (Å²) >= 11 is 0. The van der Waals surface area contributed by atoms with E-state index in [-0.39, 0.29) is 0 Å². The molecular weight excluding hydrogens is 200 g/mol. The molecule has 3 nitrogen and oxygen atoms in total. The first-order chi connectivity index (χ1) is 7.63. The van der Waals surface area contributed by atoms with Crippen LogP contribution in [0, 0.1) is 13.8 Å². The molecule has 1 aromatic rings. The molecule has 2 heterocycles. The average Bonchev–Trinajstić information content (AvgIpc) is 2.77. The highest BCUT2D eigenvalue weighted by atomic mass is 16.1. The maximum atomic E-state index is 10.9. The first-order valence-electron chi connectivity index (χ1n) is 5.95. The summed E-state index contributed by atoms with van der Waals surface area (Å²) in [6.45, 7) is 6.33. The minimum absolute atomic E-state index is 0.629.